The molecular formula is C14H19N3O. The summed E-state index contributed by atoms with van der Waals surface area (Å²) >= 11 is 0. The maximum Gasteiger partial charge on any atom is 0.297 e. The molecule has 1 aromatic carbocycles. The van der Waals surface area contributed by atoms with Gasteiger partial charge in [-0.05, 0) is 31.5 Å². The fourth-order valence-corrected chi connectivity index (χ4v) is 2.51. The molecule has 1 aliphatic rings. The van der Waals surface area contributed by atoms with Gasteiger partial charge in [0.25, 0.3) is 6.01 Å². The third kappa shape index (κ3) is 2.20. The summed E-state index contributed by atoms with van der Waals surface area (Å²) in [7, 11) is 2.00. The van der Waals surface area contributed by atoms with E-state index in [-0.39, 0.29) is 0 Å². The van der Waals surface area contributed by atoms with Crippen molar-refractivity contribution in [1.29, 1.82) is 0 Å². The van der Waals surface area contributed by atoms with Crippen LogP contribution in [0.25, 0.3) is 11.0 Å². The quantitative estimate of drug-likeness (QED) is 0.898. The third-order valence-electron chi connectivity index (χ3n) is 3.59. The van der Waals surface area contributed by atoms with Crippen molar-refractivity contribution in [3.8, 4) is 6.01 Å². The summed E-state index contributed by atoms with van der Waals surface area (Å²) < 4.78 is 7.89. The minimum Gasteiger partial charge on any atom is -0.464 e. The van der Waals surface area contributed by atoms with E-state index >= 15 is 0 Å². The number of ether oxygens (including phenoxy) is 1. The number of hydrogen-bond acceptors (Lipinski definition) is 3. The Kier molecular flexibility index (Phi) is 3.19. The number of imidazole rings is 1. The second-order valence-corrected chi connectivity index (χ2v) is 4.97. The lowest BCUT2D eigenvalue weighted by Gasteiger charge is -2.22. The largest absolute Gasteiger partial charge is 0.464 e. The Labute approximate surface area is 107 Å². The first-order chi connectivity index (χ1) is 8.84. The van der Waals surface area contributed by atoms with Crippen LogP contribution >= 0.6 is 0 Å². The molecule has 2 aromatic rings. The van der Waals surface area contributed by atoms with Crippen molar-refractivity contribution in [1.82, 2.24) is 14.9 Å². The van der Waals surface area contributed by atoms with E-state index in [0.717, 1.165) is 36.7 Å². The Morgan fingerprint density at radius 1 is 1.44 bits per heavy atom. The van der Waals surface area contributed by atoms with Crippen molar-refractivity contribution in [3.05, 3.63) is 24.3 Å². The van der Waals surface area contributed by atoms with Crippen molar-refractivity contribution < 1.29 is 4.74 Å². The van der Waals surface area contributed by atoms with E-state index in [1.165, 1.54) is 12.8 Å². The lowest BCUT2D eigenvalue weighted by Crippen LogP contribution is -2.33. The molecule has 1 N–H and O–H groups in total. The Balaban J connectivity index is 1.72. The SMILES string of the molecule is Cn1c(OCC2CCCNC2)nc2ccccc21. The summed E-state index contributed by atoms with van der Waals surface area (Å²) in [4.78, 5) is 4.52. The lowest BCUT2D eigenvalue weighted by atomic mass is 10.0. The number of fused-ring (bicyclic) bond motifs is 1. The van der Waals surface area contributed by atoms with Gasteiger partial charge in [-0.2, -0.15) is 4.98 Å². The molecule has 0 amide bonds. The van der Waals surface area contributed by atoms with Gasteiger partial charge in [-0.3, -0.25) is 4.57 Å². The maximum atomic E-state index is 5.87. The van der Waals surface area contributed by atoms with Crippen LogP contribution in [0.2, 0.25) is 0 Å². The Morgan fingerprint density at radius 3 is 3.11 bits per heavy atom. The molecule has 0 radical (unpaired) electrons. The van der Waals surface area contributed by atoms with E-state index in [9.17, 15) is 0 Å². The minimum atomic E-state index is 0.610. The summed E-state index contributed by atoms with van der Waals surface area (Å²) in [5, 5.41) is 3.41. The fraction of sp³-hybridized carbons (Fsp3) is 0.500. The Bertz CT molecular complexity index is 529. The van der Waals surface area contributed by atoms with Crippen molar-refractivity contribution in [3.63, 3.8) is 0 Å². The molecule has 4 nitrogen and oxygen atoms in total. The fourth-order valence-electron chi connectivity index (χ4n) is 2.51. The number of rotatable bonds is 3. The lowest BCUT2D eigenvalue weighted by molar-refractivity contribution is 0.201. The monoisotopic (exact) mass is 245 g/mol. The predicted octanol–water partition coefficient (Wildman–Crippen LogP) is 1.95. The van der Waals surface area contributed by atoms with Gasteiger partial charge < -0.3 is 10.1 Å². The minimum absolute atomic E-state index is 0.610. The Morgan fingerprint density at radius 2 is 2.33 bits per heavy atom. The first kappa shape index (κ1) is 11.5. The van der Waals surface area contributed by atoms with Crippen LogP contribution in [-0.2, 0) is 7.05 Å². The number of para-hydroxylation sites is 2. The molecule has 1 unspecified atom stereocenters. The molecule has 0 aliphatic carbocycles. The van der Waals surface area contributed by atoms with Gasteiger partial charge in [-0.25, -0.2) is 0 Å². The topological polar surface area (TPSA) is 39.1 Å². The highest BCUT2D eigenvalue weighted by Gasteiger charge is 2.15. The first-order valence-corrected chi connectivity index (χ1v) is 6.59. The summed E-state index contributed by atoms with van der Waals surface area (Å²) in [6.07, 6.45) is 2.49. The normalized spacial score (nSPS) is 20.2. The van der Waals surface area contributed by atoms with Gasteiger partial charge in [0.05, 0.1) is 17.6 Å². The highest BCUT2D eigenvalue weighted by atomic mass is 16.5. The number of nitrogens with zero attached hydrogens (tertiary/aromatic N) is 2. The summed E-state index contributed by atoms with van der Waals surface area (Å²) in [5.41, 5.74) is 2.12. The molecule has 1 saturated heterocycles. The molecule has 96 valence electrons. The van der Waals surface area contributed by atoms with E-state index in [1.54, 1.807) is 0 Å². The highest BCUT2D eigenvalue weighted by molar-refractivity contribution is 5.76. The molecule has 1 aliphatic heterocycles. The molecule has 2 heterocycles. The first-order valence-electron chi connectivity index (χ1n) is 6.59. The average Bonchev–Trinajstić information content (AvgIpc) is 2.75. The molecular weight excluding hydrogens is 226 g/mol. The summed E-state index contributed by atoms with van der Waals surface area (Å²) in [6, 6.07) is 8.84. The zero-order chi connectivity index (χ0) is 12.4. The molecule has 3 rings (SSSR count). The maximum absolute atomic E-state index is 5.87. The molecule has 1 fully saturated rings. The van der Waals surface area contributed by atoms with Crippen molar-refractivity contribution >= 4 is 11.0 Å². The van der Waals surface area contributed by atoms with Crippen LogP contribution in [0.4, 0.5) is 0 Å². The van der Waals surface area contributed by atoms with Crippen LogP contribution in [0.15, 0.2) is 24.3 Å². The van der Waals surface area contributed by atoms with Crippen molar-refractivity contribution in [2.45, 2.75) is 12.8 Å². The number of hydrogen-bond donors (Lipinski definition) is 1. The van der Waals surface area contributed by atoms with Gasteiger partial charge in [0, 0.05) is 19.5 Å². The highest BCUT2D eigenvalue weighted by Crippen LogP contribution is 2.20. The smallest absolute Gasteiger partial charge is 0.297 e. The van der Waals surface area contributed by atoms with E-state index < -0.39 is 0 Å². The number of aromatic nitrogens is 2. The molecule has 4 heteroatoms. The summed E-state index contributed by atoms with van der Waals surface area (Å²) in [5.74, 6) is 0.610. The average molecular weight is 245 g/mol. The van der Waals surface area contributed by atoms with Crippen LogP contribution in [0, 0.1) is 5.92 Å². The van der Waals surface area contributed by atoms with Crippen LogP contribution in [0.5, 0.6) is 6.01 Å². The van der Waals surface area contributed by atoms with Crippen LogP contribution in [0.3, 0.4) is 0 Å². The number of benzene rings is 1. The molecule has 0 saturated carbocycles. The number of aryl methyl sites for hydroxylation is 1. The second kappa shape index (κ2) is 4.98. The number of nitrogens with one attached hydrogen (secondary N) is 1. The van der Waals surface area contributed by atoms with Gasteiger partial charge in [-0.15, -0.1) is 0 Å². The number of piperidine rings is 1. The standard InChI is InChI=1S/C14H19N3O/c1-17-13-7-3-2-6-12(13)16-14(17)18-10-11-5-4-8-15-9-11/h2-3,6-7,11,15H,4-5,8-10H2,1H3. The van der Waals surface area contributed by atoms with Gasteiger partial charge in [0.2, 0.25) is 0 Å². The molecule has 0 bridgehead atoms. The second-order valence-electron chi connectivity index (χ2n) is 4.97. The van der Waals surface area contributed by atoms with E-state index in [0.29, 0.717) is 5.92 Å². The molecule has 1 atom stereocenters. The molecule has 0 spiro atoms. The van der Waals surface area contributed by atoms with E-state index in [1.807, 2.05) is 29.8 Å². The zero-order valence-corrected chi connectivity index (χ0v) is 10.7. The van der Waals surface area contributed by atoms with Gasteiger partial charge in [0.1, 0.15) is 0 Å². The van der Waals surface area contributed by atoms with Crippen LogP contribution in [-0.4, -0.2) is 29.2 Å². The summed E-state index contributed by atoms with van der Waals surface area (Å²) in [6.45, 7) is 2.96. The van der Waals surface area contributed by atoms with Gasteiger partial charge in [0.15, 0.2) is 0 Å². The van der Waals surface area contributed by atoms with Crippen molar-refractivity contribution in [2.75, 3.05) is 19.7 Å². The van der Waals surface area contributed by atoms with Crippen molar-refractivity contribution in [2.24, 2.45) is 13.0 Å². The van der Waals surface area contributed by atoms with Gasteiger partial charge >= 0.3 is 0 Å². The van der Waals surface area contributed by atoms with E-state index in [2.05, 4.69) is 16.4 Å². The third-order valence-corrected chi connectivity index (χ3v) is 3.59. The Hall–Kier alpha value is -1.55. The van der Waals surface area contributed by atoms with Crippen LogP contribution < -0.4 is 10.1 Å². The predicted molar refractivity (Wildman–Crippen MR) is 71.8 cm³/mol. The molecule has 1 aromatic heterocycles. The van der Waals surface area contributed by atoms with Gasteiger partial charge in [-0.1, -0.05) is 12.1 Å². The van der Waals surface area contributed by atoms with E-state index in [4.69, 9.17) is 4.74 Å². The zero-order valence-electron chi connectivity index (χ0n) is 10.7. The molecule has 18 heavy (non-hydrogen) atoms. The van der Waals surface area contributed by atoms with Crippen LogP contribution in [0.1, 0.15) is 12.8 Å².